The average Bonchev–Trinajstić information content (AvgIpc) is 3.14. The Bertz CT molecular complexity index is 1040. The van der Waals surface area contributed by atoms with E-state index in [0.29, 0.717) is 12.0 Å². The molecule has 6 heteroatoms. The molecule has 0 unspecified atom stereocenters. The van der Waals surface area contributed by atoms with Crippen LogP contribution in [0.4, 0.5) is 0 Å². The molecule has 156 valence electrons. The summed E-state index contributed by atoms with van der Waals surface area (Å²) in [6, 6.07) is 14.6. The molecule has 1 atom stereocenters. The number of aryl methyl sites for hydroxylation is 1. The second kappa shape index (κ2) is 9.87. The van der Waals surface area contributed by atoms with Crippen LogP contribution >= 0.6 is 0 Å². The van der Waals surface area contributed by atoms with Gasteiger partial charge in [0.05, 0.1) is 18.7 Å². The first-order chi connectivity index (χ1) is 14.5. The Hall–Kier alpha value is -3.41. The normalized spacial score (nSPS) is 11.8. The van der Waals surface area contributed by atoms with E-state index >= 15 is 0 Å². The number of benzene rings is 2. The number of amides is 1. The number of hydrogen-bond acceptors (Lipinski definition) is 5. The number of ether oxygens (including phenoxy) is 1. The molecule has 0 fully saturated rings. The SMILES string of the molecule is CCc1ccc2c(CC(=O)OCC(=O)N[C@@H](Cc3ccccc3)C(C)=O)coc2c1. The molecule has 0 radical (unpaired) electrons. The zero-order valence-electron chi connectivity index (χ0n) is 17.1. The highest BCUT2D eigenvalue weighted by molar-refractivity contribution is 5.90. The van der Waals surface area contributed by atoms with Gasteiger partial charge >= 0.3 is 5.97 Å². The second-order valence-corrected chi connectivity index (χ2v) is 7.20. The minimum atomic E-state index is -0.663. The van der Waals surface area contributed by atoms with E-state index in [1.807, 2.05) is 48.5 Å². The Kier molecular flexibility index (Phi) is 7.01. The van der Waals surface area contributed by atoms with Crippen LogP contribution in [-0.2, 0) is 38.4 Å². The van der Waals surface area contributed by atoms with Crippen molar-refractivity contribution in [3.05, 3.63) is 71.5 Å². The topological polar surface area (TPSA) is 85.6 Å². The maximum absolute atomic E-state index is 12.2. The molecule has 3 aromatic rings. The van der Waals surface area contributed by atoms with Crippen molar-refractivity contribution in [1.29, 1.82) is 0 Å². The third-order valence-electron chi connectivity index (χ3n) is 4.94. The third-order valence-corrected chi connectivity index (χ3v) is 4.94. The Morgan fingerprint density at radius 3 is 2.53 bits per heavy atom. The lowest BCUT2D eigenvalue weighted by atomic mass is 10.0. The minimum absolute atomic E-state index is 0.00586. The number of furan rings is 1. The van der Waals surface area contributed by atoms with E-state index in [2.05, 4.69) is 12.2 Å². The molecule has 0 spiro atoms. The highest BCUT2D eigenvalue weighted by atomic mass is 16.5. The summed E-state index contributed by atoms with van der Waals surface area (Å²) < 4.78 is 10.6. The summed E-state index contributed by atoms with van der Waals surface area (Å²) in [6.07, 6.45) is 2.83. The smallest absolute Gasteiger partial charge is 0.310 e. The average molecular weight is 407 g/mol. The van der Waals surface area contributed by atoms with E-state index in [0.717, 1.165) is 28.5 Å². The van der Waals surface area contributed by atoms with E-state index in [9.17, 15) is 14.4 Å². The Labute approximate surface area is 175 Å². The maximum Gasteiger partial charge on any atom is 0.310 e. The van der Waals surface area contributed by atoms with Crippen molar-refractivity contribution < 1.29 is 23.5 Å². The maximum atomic E-state index is 12.2. The quantitative estimate of drug-likeness (QED) is 0.550. The molecule has 0 aliphatic heterocycles. The summed E-state index contributed by atoms with van der Waals surface area (Å²) in [5.74, 6) is -1.20. The molecular weight excluding hydrogens is 382 g/mol. The van der Waals surface area contributed by atoms with E-state index < -0.39 is 24.5 Å². The number of hydrogen-bond donors (Lipinski definition) is 1. The highest BCUT2D eigenvalue weighted by Crippen LogP contribution is 2.23. The minimum Gasteiger partial charge on any atom is -0.464 e. The van der Waals surface area contributed by atoms with Gasteiger partial charge in [0, 0.05) is 10.9 Å². The fourth-order valence-corrected chi connectivity index (χ4v) is 3.22. The van der Waals surface area contributed by atoms with Gasteiger partial charge in [0.25, 0.3) is 5.91 Å². The van der Waals surface area contributed by atoms with Crippen LogP contribution in [-0.4, -0.2) is 30.3 Å². The van der Waals surface area contributed by atoms with Crippen LogP contribution in [0.25, 0.3) is 11.0 Å². The van der Waals surface area contributed by atoms with Crippen LogP contribution in [0.15, 0.2) is 59.2 Å². The fourth-order valence-electron chi connectivity index (χ4n) is 3.22. The summed E-state index contributed by atoms with van der Waals surface area (Å²) in [7, 11) is 0. The lowest BCUT2D eigenvalue weighted by Gasteiger charge is -2.16. The number of carbonyl (C=O) groups is 3. The molecule has 2 aromatic carbocycles. The van der Waals surface area contributed by atoms with Crippen molar-refractivity contribution >= 4 is 28.6 Å². The summed E-state index contributed by atoms with van der Waals surface area (Å²) in [4.78, 5) is 36.2. The van der Waals surface area contributed by atoms with Gasteiger partial charge in [-0.3, -0.25) is 14.4 Å². The number of Topliss-reactive ketones (excluding diaryl/α,β-unsaturated/α-hetero) is 1. The molecular formula is C24H25NO5. The molecule has 3 rings (SSSR count). The van der Waals surface area contributed by atoms with Crippen molar-refractivity contribution in [2.24, 2.45) is 0 Å². The lowest BCUT2D eigenvalue weighted by molar-refractivity contribution is -0.148. The molecule has 30 heavy (non-hydrogen) atoms. The number of ketones is 1. The monoisotopic (exact) mass is 407 g/mol. The lowest BCUT2D eigenvalue weighted by Crippen LogP contribution is -2.43. The van der Waals surface area contributed by atoms with Crippen molar-refractivity contribution in [2.75, 3.05) is 6.61 Å². The largest absolute Gasteiger partial charge is 0.464 e. The van der Waals surface area contributed by atoms with E-state index in [-0.39, 0.29) is 12.2 Å². The first-order valence-corrected chi connectivity index (χ1v) is 9.94. The third kappa shape index (κ3) is 5.56. The summed E-state index contributed by atoms with van der Waals surface area (Å²) >= 11 is 0. The van der Waals surface area contributed by atoms with Crippen LogP contribution in [0.1, 0.15) is 30.5 Å². The van der Waals surface area contributed by atoms with Crippen LogP contribution < -0.4 is 5.32 Å². The van der Waals surface area contributed by atoms with Gasteiger partial charge in [-0.05, 0) is 37.0 Å². The molecule has 0 bridgehead atoms. The first-order valence-electron chi connectivity index (χ1n) is 9.94. The standard InChI is InChI=1S/C24H25NO5/c1-3-17-9-10-20-19(14-29-22(20)12-17)13-24(28)30-15-23(27)25-21(16(2)26)11-18-7-5-4-6-8-18/h4-10,12,14,21H,3,11,13,15H2,1-2H3,(H,25,27)/t21-/m0/s1. The highest BCUT2D eigenvalue weighted by Gasteiger charge is 2.19. The molecule has 6 nitrogen and oxygen atoms in total. The number of rotatable bonds is 9. The van der Waals surface area contributed by atoms with E-state index in [1.54, 1.807) is 0 Å². The number of esters is 1. The predicted octanol–water partition coefficient (Wildman–Crippen LogP) is 3.40. The fraction of sp³-hybridized carbons (Fsp3) is 0.292. The van der Waals surface area contributed by atoms with Crippen molar-refractivity contribution in [1.82, 2.24) is 5.32 Å². The van der Waals surface area contributed by atoms with E-state index in [4.69, 9.17) is 9.15 Å². The Morgan fingerprint density at radius 1 is 1.07 bits per heavy atom. The summed E-state index contributed by atoms with van der Waals surface area (Å²) in [5.41, 5.74) is 3.52. The molecule has 1 heterocycles. The zero-order chi connectivity index (χ0) is 21.5. The molecule has 0 saturated carbocycles. The van der Waals surface area contributed by atoms with Gasteiger partial charge in [0.1, 0.15) is 5.58 Å². The van der Waals surface area contributed by atoms with Crippen LogP contribution in [0.2, 0.25) is 0 Å². The Balaban J connectivity index is 1.52. The molecule has 1 aromatic heterocycles. The number of fused-ring (bicyclic) bond motifs is 1. The van der Waals surface area contributed by atoms with Gasteiger partial charge in [0.15, 0.2) is 12.4 Å². The second-order valence-electron chi connectivity index (χ2n) is 7.20. The van der Waals surface area contributed by atoms with Crippen LogP contribution in [0.5, 0.6) is 0 Å². The van der Waals surface area contributed by atoms with Crippen molar-refractivity contribution in [3.8, 4) is 0 Å². The molecule has 0 aliphatic rings. The van der Waals surface area contributed by atoms with Gasteiger partial charge < -0.3 is 14.5 Å². The molecule has 0 aliphatic carbocycles. The molecule has 1 N–H and O–H groups in total. The van der Waals surface area contributed by atoms with Crippen LogP contribution in [0, 0.1) is 0 Å². The van der Waals surface area contributed by atoms with Gasteiger partial charge in [-0.15, -0.1) is 0 Å². The van der Waals surface area contributed by atoms with Gasteiger partial charge in [-0.25, -0.2) is 0 Å². The zero-order valence-corrected chi connectivity index (χ0v) is 17.1. The van der Waals surface area contributed by atoms with E-state index in [1.165, 1.54) is 13.2 Å². The van der Waals surface area contributed by atoms with Crippen molar-refractivity contribution in [2.45, 2.75) is 39.2 Å². The van der Waals surface area contributed by atoms with Crippen LogP contribution in [0.3, 0.4) is 0 Å². The number of carbonyl (C=O) groups excluding carboxylic acids is 3. The van der Waals surface area contributed by atoms with Gasteiger partial charge in [-0.2, -0.15) is 0 Å². The molecule has 1 amide bonds. The van der Waals surface area contributed by atoms with Crippen molar-refractivity contribution in [3.63, 3.8) is 0 Å². The first kappa shape index (κ1) is 21.3. The van der Waals surface area contributed by atoms with Gasteiger partial charge in [-0.1, -0.05) is 49.4 Å². The Morgan fingerprint density at radius 2 is 1.83 bits per heavy atom. The molecule has 0 saturated heterocycles. The number of nitrogens with one attached hydrogen (secondary N) is 1. The summed E-state index contributed by atoms with van der Waals surface area (Å²) in [5, 5.41) is 3.49. The van der Waals surface area contributed by atoms with Gasteiger partial charge in [0.2, 0.25) is 0 Å². The predicted molar refractivity (Wildman–Crippen MR) is 113 cm³/mol. The summed E-state index contributed by atoms with van der Waals surface area (Å²) in [6.45, 7) is 3.05.